The van der Waals surface area contributed by atoms with Crippen molar-refractivity contribution in [1.82, 2.24) is 5.32 Å². The van der Waals surface area contributed by atoms with E-state index in [0.717, 1.165) is 29.1 Å². The lowest BCUT2D eigenvalue weighted by atomic mass is 9.99. The first kappa shape index (κ1) is 25.7. The molecular formula is C26H35NO5S. The van der Waals surface area contributed by atoms with E-state index in [4.69, 9.17) is 9.47 Å². The Morgan fingerprint density at radius 1 is 1.15 bits per heavy atom. The third kappa shape index (κ3) is 8.43. The number of amides is 1. The molecule has 0 radical (unpaired) electrons. The van der Waals surface area contributed by atoms with Crippen molar-refractivity contribution in [3.05, 3.63) is 60.2 Å². The number of ether oxygens (including phenoxy) is 2. The van der Waals surface area contributed by atoms with Gasteiger partial charge in [0, 0.05) is 24.9 Å². The van der Waals surface area contributed by atoms with Gasteiger partial charge in [-0.1, -0.05) is 49.4 Å². The van der Waals surface area contributed by atoms with Crippen LogP contribution in [0.4, 0.5) is 0 Å². The van der Waals surface area contributed by atoms with Crippen LogP contribution in [-0.4, -0.2) is 65.4 Å². The fourth-order valence-corrected chi connectivity index (χ4v) is 4.44. The zero-order valence-electron chi connectivity index (χ0n) is 19.2. The fourth-order valence-electron chi connectivity index (χ4n) is 3.83. The Morgan fingerprint density at radius 2 is 1.88 bits per heavy atom. The van der Waals surface area contributed by atoms with Crippen molar-refractivity contribution >= 4 is 17.7 Å². The summed E-state index contributed by atoms with van der Waals surface area (Å²) in [5.41, 5.74) is 2.73. The summed E-state index contributed by atoms with van der Waals surface area (Å²) in [6, 6.07) is 17.5. The number of rotatable bonds is 12. The summed E-state index contributed by atoms with van der Waals surface area (Å²) in [7, 11) is 0. The molecular weight excluding hydrogens is 438 g/mol. The Balaban J connectivity index is 1.40. The molecule has 33 heavy (non-hydrogen) atoms. The number of hydrogen-bond donors (Lipinski definition) is 3. The average molecular weight is 474 g/mol. The van der Waals surface area contributed by atoms with Gasteiger partial charge in [0.25, 0.3) is 5.91 Å². The summed E-state index contributed by atoms with van der Waals surface area (Å²) in [5, 5.41) is 23.6. The van der Waals surface area contributed by atoms with Gasteiger partial charge in [0.2, 0.25) is 0 Å². The lowest BCUT2D eigenvalue weighted by molar-refractivity contribution is -0.234. The zero-order chi connectivity index (χ0) is 23.5. The third-order valence-corrected chi connectivity index (χ3v) is 6.63. The van der Waals surface area contributed by atoms with Gasteiger partial charge in [0.15, 0.2) is 6.29 Å². The highest BCUT2D eigenvalue weighted by atomic mass is 32.2. The predicted molar refractivity (Wildman–Crippen MR) is 132 cm³/mol. The van der Waals surface area contributed by atoms with Gasteiger partial charge in [-0.25, -0.2) is 0 Å². The maximum Gasteiger partial charge on any atom is 0.251 e. The SMILES string of the molecule is CCSCCCOC1CC(O)CC(C(O)CCNC(=O)c2ccc(-c3ccccc3)cc2)O1. The normalized spacial score (nSPS) is 21.5. The van der Waals surface area contributed by atoms with Crippen molar-refractivity contribution in [3.63, 3.8) is 0 Å². The monoisotopic (exact) mass is 473 g/mol. The number of thioether (sulfide) groups is 1. The summed E-state index contributed by atoms with van der Waals surface area (Å²) in [5.74, 6) is 1.94. The molecule has 1 fully saturated rings. The molecule has 4 unspecified atom stereocenters. The molecule has 3 N–H and O–H groups in total. The number of carbonyl (C=O) groups is 1. The number of nitrogens with one attached hydrogen (secondary N) is 1. The number of benzene rings is 2. The maximum absolute atomic E-state index is 12.5. The number of aliphatic hydroxyl groups is 2. The van der Waals surface area contributed by atoms with Crippen molar-refractivity contribution in [2.75, 3.05) is 24.7 Å². The molecule has 2 aromatic rings. The van der Waals surface area contributed by atoms with Crippen LogP contribution in [0.5, 0.6) is 0 Å². The van der Waals surface area contributed by atoms with E-state index in [1.165, 1.54) is 0 Å². The van der Waals surface area contributed by atoms with Crippen molar-refractivity contribution in [1.29, 1.82) is 0 Å². The lowest BCUT2D eigenvalue weighted by Gasteiger charge is -2.35. The highest BCUT2D eigenvalue weighted by Gasteiger charge is 2.33. The summed E-state index contributed by atoms with van der Waals surface area (Å²) < 4.78 is 11.6. The van der Waals surface area contributed by atoms with Crippen molar-refractivity contribution in [2.45, 2.75) is 57.2 Å². The van der Waals surface area contributed by atoms with E-state index in [1.807, 2.05) is 54.2 Å². The van der Waals surface area contributed by atoms with Gasteiger partial charge >= 0.3 is 0 Å². The van der Waals surface area contributed by atoms with Crippen LogP contribution in [0.3, 0.4) is 0 Å². The molecule has 3 rings (SSSR count). The summed E-state index contributed by atoms with van der Waals surface area (Å²) in [6.07, 6.45) is -0.316. The molecule has 0 saturated carbocycles. The van der Waals surface area contributed by atoms with Crippen molar-refractivity contribution in [2.24, 2.45) is 0 Å². The van der Waals surface area contributed by atoms with Crippen molar-refractivity contribution in [3.8, 4) is 11.1 Å². The third-order valence-electron chi connectivity index (χ3n) is 5.65. The van der Waals surface area contributed by atoms with E-state index in [9.17, 15) is 15.0 Å². The molecule has 7 heteroatoms. The van der Waals surface area contributed by atoms with Gasteiger partial charge in [-0.05, 0) is 47.6 Å². The van der Waals surface area contributed by atoms with Gasteiger partial charge in [-0.3, -0.25) is 4.79 Å². The Bertz CT molecular complexity index is 832. The van der Waals surface area contributed by atoms with E-state index in [0.29, 0.717) is 38.0 Å². The second-order valence-electron chi connectivity index (χ2n) is 8.21. The Labute approximate surface area is 200 Å². The highest BCUT2D eigenvalue weighted by Crippen LogP contribution is 2.24. The van der Waals surface area contributed by atoms with Crippen molar-refractivity contribution < 1.29 is 24.5 Å². The number of hydrogen-bond acceptors (Lipinski definition) is 6. The molecule has 0 aliphatic carbocycles. The van der Waals surface area contributed by atoms with E-state index >= 15 is 0 Å². The minimum Gasteiger partial charge on any atom is -0.393 e. The van der Waals surface area contributed by atoms with Crippen LogP contribution in [-0.2, 0) is 9.47 Å². The number of aliphatic hydroxyl groups excluding tert-OH is 2. The Morgan fingerprint density at radius 3 is 2.61 bits per heavy atom. The van der Waals surface area contributed by atoms with Gasteiger partial charge in [-0.15, -0.1) is 0 Å². The van der Waals surface area contributed by atoms with Crippen LogP contribution < -0.4 is 5.32 Å². The van der Waals surface area contributed by atoms with E-state index in [2.05, 4.69) is 12.2 Å². The summed E-state index contributed by atoms with van der Waals surface area (Å²) >= 11 is 1.87. The predicted octanol–water partition coefficient (Wildman–Crippen LogP) is 3.86. The van der Waals surface area contributed by atoms with E-state index in [-0.39, 0.29) is 5.91 Å². The lowest BCUT2D eigenvalue weighted by Crippen LogP contribution is -2.44. The molecule has 180 valence electrons. The largest absolute Gasteiger partial charge is 0.393 e. The van der Waals surface area contributed by atoms with Gasteiger partial charge in [0.1, 0.15) is 0 Å². The van der Waals surface area contributed by atoms with Crippen LogP contribution in [0.25, 0.3) is 11.1 Å². The minimum absolute atomic E-state index is 0.183. The summed E-state index contributed by atoms with van der Waals surface area (Å²) in [6.45, 7) is 3.02. The molecule has 6 nitrogen and oxygen atoms in total. The first-order valence-electron chi connectivity index (χ1n) is 11.7. The molecule has 1 aliphatic rings. The molecule has 4 atom stereocenters. The fraction of sp³-hybridized carbons (Fsp3) is 0.500. The molecule has 1 amide bonds. The van der Waals surface area contributed by atoms with Crippen LogP contribution in [0.15, 0.2) is 54.6 Å². The van der Waals surface area contributed by atoms with E-state index in [1.54, 1.807) is 12.1 Å². The van der Waals surface area contributed by atoms with E-state index < -0.39 is 24.6 Å². The molecule has 0 bridgehead atoms. The number of carbonyl (C=O) groups excluding carboxylic acids is 1. The molecule has 0 aromatic heterocycles. The molecule has 1 aliphatic heterocycles. The molecule has 1 heterocycles. The standard InChI is InChI=1S/C26H35NO5S/c1-2-33-16-6-15-31-25-18-22(28)17-24(32-25)23(29)13-14-27-26(30)21-11-9-20(10-12-21)19-7-4-3-5-8-19/h3-5,7-12,22-25,28-29H,2,6,13-18H2,1H3,(H,27,30). The first-order valence-corrected chi connectivity index (χ1v) is 12.9. The summed E-state index contributed by atoms with van der Waals surface area (Å²) in [4.78, 5) is 12.5. The quantitative estimate of drug-likeness (QED) is 0.406. The van der Waals surface area contributed by atoms with Crippen LogP contribution in [0, 0.1) is 0 Å². The molecule has 2 aromatic carbocycles. The Kier molecular flexibility index (Phi) is 10.7. The van der Waals surface area contributed by atoms with Crippen LogP contribution in [0.1, 0.15) is 43.0 Å². The molecule has 0 spiro atoms. The Hall–Kier alpha value is -1.90. The van der Waals surface area contributed by atoms with Crippen LogP contribution in [0.2, 0.25) is 0 Å². The second kappa shape index (κ2) is 13.7. The minimum atomic E-state index is -0.789. The van der Waals surface area contributed by atoms with Gasteiger partial charge in [-0.2, -0.15) is 11.8 Å². The van der Waals surface area contributed by atoms with Gasteiger partial charge < -0.3 is 25.0 Å². The van der Waals surface area contributed by atoms with Crippen LogP contribution >= 0.6 is 11.8 Å². The zero-order valence-corrected chi connectivity index (χ0v) is 20.0. The topological polar surface area (TPSA) is 88.0 Å². The van der Waals surface area contributed by atoms with Gasteiger partial charge in [0.05, 0.1) is 24.9 Å². The smallest absolute Gasteiger partial charge is 0.251 e. The first-order chi connectivity index (χ1) is 16.1. The maximum atomic E-state index is 12.5. The average Bonchev–Trinajstić information content (AvgIpc) is 2.84. The molecule has 1 saturated heterocycles. The second-order valence-corrected chi connectivity index (χ2v) is 9.60. The highest BCUT2D eigenvalue weighted by molar-refractivity contribution is 7.99.